The molecule has 0 heterocycles. The van der Waals surface area contributed by atoms with Crippen LogP contribution in [-0.2, 0) is 6.18 Å². The number of halogens is 3. The molecule has 0 fully saturated rings. The molecule has 0 radical (unpaired) electrons. The van der Waals surface area contributed by atoms with E-state index >= 15 is 0 Å². The summed E-state index contributed by atoms with van der Waals surface area (Å²) >= 11 is 0. The summed E-state index contributed by atoms with van der Waals surface area (Å²) in [7, 11) is 1.38. The van der Waals surface area contributed by atoms with Crippen LogP contribution in [0.4, 0.5) is 23.7 Å². The highest BCUT2D eigenvalue weighted by Crippen LogP contribution is 2.31. The molecule has 88 valence electrons. The molecular weight excluding hydrogens is 221 g/mol. The van der Waals surface area contributed by atoms with E-state index in [2.05, 4.69) is 10.6 Å². The lowest BCUT2D eigenvalue weighted by atomic mass is 10.1. The van der Waals surface area contributed by atoms with Crippen molar-refractivity contribution in [2.75, 3.05) is 12.4 Å². The normalized spacial score (nSPS) is 11.1. The zero-order valence-corrected chi connectivity index (χ0v) is 8.77. The maximum Gasteiger partial charge on any atom is 0.416 e. The fraction of sp³-hybridized carbons (Fsp3) is 0.300. The first-order valence-electron chi connectivity index (χ1n) is 4.50. The molecule has 2 amide bonds. The standard InChI is InChI=1S/C10H11F3N2O/c1-6-3-7(10(11,12)13)5-8(4-6)15-9(16)14-2/h3-5H,1-2H3,(H2,14,15,16). The molecular formula is C10H11F3N2O. The fourth-order valence-corrected chi connectivity index (χ4v) is 1.21. The first kappa shape index (κ1) is 12.4. The van der Waals surface area contributed by atoms with E-state index in [1.807, 2.05) is 0 Å². The molecule has 1 rings (SSSR count). The van der Waals surface area contributed by atoms with E-state index < -0.39 is 17.8 Å². The van der Waals surface area contributed by atoms with Crippen LogP contribution in [0.5, 0.6) is 0 Å². The molecule has 1 aromatic rings. The number of urea groups is 1. The molecule has 0 aliphatic heterocycles. The van der Waals surface area contributed by atoms with Crippen molar-refractivity contribution in [2.24, 2.45) is 0 Å². The SMILES string of the molecule is CNC(=O)Nc1cc(C)cc(C(F)(F)F)c1. The third-order valence-corrected chi connectivity index (χ3v) is 1.89. The Morgan fingerprint density at radius 3 is 2.38 bits per heavy atom. The van der Waals surface area contributed by atoms with Gasteiger partial charge in [0.05, 0.1) is 5.56 Å². The van der Waals surface area contributed by atoms with Crippen LogP contribution < -0.4 is 10.6 Å². The molecule has 0 spiro atoms. The summed E-state index contributed by atoms with van der Waals surface area (Å²) in [6.07, 6.45) is -4.41. The molecule has 6 heteroatoms. The van der Waals surface area contributed by atoms with Gasteiger partial charge in [-0.1, -0.05) is 0 Å². The van der Waals surface area contributed by atoms with Crippen molar-refractivity contribution < 1.29 is 18.0 Å². The van der Waals surface area contributed by atoms with Gasteiger partial charge < -0.3 is 10.6 Å². The summed E-state index contributed by atoms with van der Waals surface area (Å²) in [6.45, 7) is 1.53. The quantitative estimate of drug-likeness (QED) is 0.768. The van der Waals surface area contributed by atoms with Crippen LogP contribution in [-0.4, -0.2) is 13.1 Å². The van der Waals surface area contributed by atoms with Crippen molar-refractivity contribution >= 4 is 11.7 Å². The molecule has 0 unspecified atom stereocenters. The van der Waals surface area contributed by atoms with Gasteiger partial charge >= 0.3 is 12.2 Å². The summed E-state index contributed by atoms with van der Waals surface area (Å²) in [5, 5.41) is 4.55. The molecule has 0 aliphatic carbocycles. The topological polar surface area (TPSA) is 41.1 Å². The number of carbonyl (C=O) groups is 1. The van der Waals surface area contributed by atoms with Crippen molar-refractivity contribution in [1.29, 1.82) is 0 Å². The van der Waals surface area contributed by atoms with Crippen LogP contribution in [0, 0.1) is 6.92 Å². The number of carbonyl (C=O) groups excluding carboxylic acids is 1. The van der Waals surface area contributed by atoms with Crippen LogP contribution in [0.1, 0.15) is 11.1 Å². The fourth-order valence-electron chi connectivity index (χ4n) is 1.21. The highest BCUT2D eigenvalue weighted by molar-refractivity contribution is 5.89. The molecule has 0 aliphatic rings. The second-order valence-corrected chi connectivity index (χ2v) is 3.29. The minimum absolute atomic E-state index is 0.117. The molecule has 0 saturated heterocycles. The van der Waals surface area contributed by atoms with Gasteiger partial charge in [-0.05, 0) is 30.7 Å². The second-order valence-electron chi connectivity index (χ2n) is 3.29. The largest absolute Gasteiger partial charge is 0.416 e. The molecule has 0 bridgehead atoms. The van der Waals surface area contributed by atoms with Gasteiger partial charge in [0.25, 0.3) is 0 Å². The van der Waals surface area contributed by atoms with E-state index in [9.17, 15) is 18.0 Å². The smallest absolute Gasteiger partial charge is 0.341 e. The summed E-state index contributed by atoms with van der Waals surface area (Å²) in [4.78, 5) is 11.0. The number of nitrogens with one attached hydrogen (secondary N) is 2. The first-order valence-corrected chi connectivity index (χ1v) is 4.50. The Balaban J connectivity index is 3.04. The van der Waals surface area contributed by atoms with Gasteiger partial charge in [0, 0.05) is 12.7 Å². The molecule has 0 atom stereocenters. The maximum atomic E-state index is 12.4. The van der Waals surface area contributed by atoms with Crippen molar-refractivity contribution in [3.05, 3.63) is 29.3 Å². The Kier molecular flexibility index (Phi) is 3.41. The number of hydrogen-bond donors (Lipinski definition) is 2. The number of alkyl halides is 3. The third-order valence-electron chi connectivity index (χ3n) is 1.89. The minimum Gasteiger partial charge on any atom is -0.341 e. The molecule has 3 nitrogen and oxygen atoms in total. The zero-order chi connectivity index (χ0) is 12.3. The Morgan fingerprint density at radius 2 is 1.88 bits per heavy atom. The van der Waals surface area contributed by atoms with Crippen LogP contribution >= 0.6 is 0 Å². The zero-order valence-electron chi connectivity index (χ0n) is 8.77. The van der Waals surface area contributed by atoms with Gasteiger partial charge in [-0.2, -0.15) is 13.2 Å². The van der Waals surface area contributed by atoms with E-state index in [-0.39, 0.29) is 5.69 Å². The van der Waals surface area contributed by atoms with Gasteiger partial charge in [-0.3, -0.25) is 0 Å². The van der Waals surface area contributed by atoms with Crippen LogP contribution in [0.2, 0.25) is 0 Å². The highest BCUT2D eigenvalue weighted by atomic mass is 19.4. The van der Waals surface area contributed by atoms with E-state index in [1.54, 1.807) is 0 Å². The number of hydrogen-bond acceptors (Lipinski definition) is 1. The Bertz CT molecular complexity index is 402. The van der Waals surface area contributed by atoms with Gasteiger partial charge in [0.15, 0.2) is 0 Å². The maximum absolute atomic E-state index is 12.4. The number of aryl methyl sites for hydroxylation is 1. The molecule has 0 saturated carbocycles. The average Bonchev–Trinajstić information content (AvgIpc) is 2.15. The first-order chi connectivity index (χ1) is 7.32. The molecule has 1 aromatic carbocycles. The molecule has 16 heavy (non-hydrogen) atoms. The summed E-state index contributed by atoms with van der Waals surface area (Å²) in [5.74, 6) is 0. The van der Waals surface area contributed by atoms with Crippen molar-refractivity contribution in [3.8, 4) is 0 Å². The number of rotatable bonds is 1. The second kappa shape index (κ2) is 4.42. The van der Waals surface area contributed by atoms with Crippen molar-refractivity contribution in [2.45, 2.75) is 13.1 Å². The summed E-state index contributed by atoms with van der Waals surface area (Å²) < 4.78 is 37.3. The lowest BCUT2D eigenvalue weighted by molar-refractivity contribution is -0.137. The van der Waals surface area contributed by atoms with Crippen LogP contribution in [0.25, 0.3) is 0 Å². The summed E-state index contributed by atoms with van der Waals surface area (Å²) in [5.41, 5.74) is -0.230. The monoisotopic (exact) mass is 232 g/mol. The Morgan fingerprint density at radius 1 is 1.25 bits per heavy atom. The molecule has 0 aromatic heterocycles. The van der Waals surface area contributed by atoms with Crippen LogP contribution in [0.3, 0.4) is 0 Å². The summed E-state index contributed by atoms with van der Waals surface area (Å²) in [6, 6.07) is 2.82. The van der Waals surface area contributed by atoms with Crippen molar-refractivity contribution in [3.63, 3.8) is 0 Å². The van der Waals surface area contributed by atoms with E-state index in [4.69, 9.17) is 0 Å². The third kappa shape index (κ3) is 3.15. The number of amides is 2. The lowest BCUT2D eigenvalue weighted by Crippen LogP contribution is -2.24. The predicted octanol–water partition coefficient (Wildman–Crippen LogP) is 2.77. The van der Waals surface area contributed by atoms with Gasteiger partial charge in [-0.25, -0.2) is 4.79 Å². The van der Waals surface area contributed by atoms with Crippen molar-refractivity contribution in [1.82, 2.24) is 5.32 Å². The van der Waals surface area contributed by atoms with E-state index in [0.717, 1.165) is 12.1 Å². The Hall–Kier alpha value is -1.72. The number of anilines is 1. The van der Waals surface area contributed by atoms with E-state index in [0.29, 0.717) is 5.56 Å². The highest BCUT2D eigenvalue weighted by Gasteiger charge is 2.30. The Labute approximate surface area is 90.6 Å². The molecule has 2 N–H and O–H groups in total. The van der Waals surface area contributed by atoms with E-state index in [1.165, 1.54) is 20.0 Å². The van der Waals surface area contributed by atoms with Gasteiger partial charge in [0.2, 0.25) is 0 Å². The minimum atomic E-state index is -4.41. The lowest BCUT2D eigenvalue weighted by Gasteiger charge is -2.11. The van der Waals surface area contributed by atoms with Crippen LogP contribution in [0.15, 0.2) is 18.2 Å². The van der Waals surface area contributed by atoms with Gasteiger partial charge in [0.1, 0.15) is 0 Å². The predicted molar refractivity (Wildman–Crippen MR) is 54.3 cm³/mol. The van der Waals surface area contributed by atoms with Gasteiger partial charge in [-0.15, -0.1) is 0 Å². The number of benzene rings is 1. The average molecular weight is 232 g/mol.